The molecular weight excluding hydrogens is 274 g/mol. The van der Waals surface area contributed by atoms with Gasteiger partial charge < -0.3 is 5.32 Å². The Kier molecular flexibility index (Phi) is 4.71. The maximum absolute atomic E-state index is 12.1. The van der Waals surface area contributed by atoms with Crippen LogP contribution in [0, 0.1) is 18.3 Å². The van der Waals surface area contributed by atoms with Crippen molar-refractivity contribution < 1.29 is 8.42 Å². The third-order valence-electron chi connectivity index (χ3n) is 2.74. The van der Waals surface area contributed by atoms with E-state index in [0.29, 0.717) is 18.7 Å². The normalized spacial score (nSPS) is 15.3. The minimum Gasteiger partial charge on any atom is -0.313 e. The van der Waals surface area contributed by atoms with Crippen LogP contribution in [0.15, 0.2) is 23.1 Å². The van der Waals surface area contributed by atoms with Crippen molar-refractivity contribution in [3.8, 4) is 6.07 Å². The Morgan fingerprint density at radius 3 is 2.61 bits per heavy atom. The topological polar surface area (TPSA) is 82.0 Å². The van der Waals surface area contributed by atoms with Crippen LogP contribution >= 0.6 is 12.4 Å². The lowest BCUT2D eigenvalue weighted by atomic mass is 10.1. The number of hydrogen-bond donors (Lipinski definition) is 2. The molecule has 7 heteroatoms. The van der Waals surface area contributed by atoms with Crippen molar-refractivity contribution in [2.75, 3.05) is 13.1 Å². The quantitative estimate of drug-likeness (QED) is 0.850. The van der Waals surface area contributed by atoms with Crippen molar-refractivity contribution in [1.82, 2.24) is 10.0 Å². The monoisotopic (exact) mass is 287 g/mol. The van der Waals surface area contributed by atoms with Crippen molar-refractivity contribution >= 4 is 22.4 Å². The van der Waals surface area contributed by atoms with Crippen LogP contribution in [0.4, 0.5) is 0 Å². The smallest absolute Gasteiger partial charge is 0.242 e. The van der Waals surface area contributed by atoms with Gasteiger partial charge in [-0.2, -0.15) is 5.26 Å². The van der Waals surface area contributed by atoms with Gasteiger partial charge in [0.2, 0.25) is 10.0 Å². The van der Waals surface area contributed by atoms with Gasteiger partial charge in [0, 0.05) is 19.1 Å². The van der Waals surface area contributed by atoms with Crippen LogP contribution in [0.2, 0.25) is 0 Å². The van der Waals surface area contributed by atoms with Gasteiger partial charge in [-0.05, 0) is 18.6 Å². The van der Waals surface area contributed by atoms with Gasteiger partial charge in [-0.25, -0.2) is 13.1 Å². The van der Waals surface area contributed by atoms with Crippen LogP contribution in [0.5, 0.6) is 0 Å². The maximum atomic E-state index is 12.1. The molecule has 2 rings (SSSR count). The summed E-state index contributed by atoms with van der Waals surface area (Å²) >= 11 is 0. The molecule has 1 aliphatic heterocycles. The fourth-order valence-electron chi connectivity index (χ4n) is 1.66. The van der Waals surface area contributed by atoms with Crippen LogP contribution in [0.1, 0.15) is 11.1 Å². The van der Waals surface area contributed by atoms with Crippen LogP contribution in [0.25, 0.3) is 0 Å². The van der Waals surface area contributed by atoms with Crippen molar-refractivity contribution in [2.45, 2.75) is 17.9 Å². The molecule has 2 N–H and O–H groups in total. The number of sulfonamides is 1. The lowest BCUT2D eigenvalue weighted by Gasteiger charge is -2.27. The van der Waals surface area contributed by atoms with E-state index in [0.717, 1.165) is 0 Å². The number of nitrogens with one attached hydrogen (secondary N) is 2. The number of aryl methyl sites for hydroxylation is 1. The van der Waals surface area contributed by atoms with Gasteiger partial charge in [0.1, 0.15) is 11.0 Å². The summed E-state index contributed by atoms with van der Waals surface area (Å²) in [6.07, 6.45) is 0. The van der Waals surface area contributed by atoms with Crippen LogP contribution in [-0.2, 0) is 10.0 Å². The zero-order valence-electron chi connectivity index (χ0n) is 9.80. The van der Waals surface area contributed by atoms with E-state index in [9.17, 15) is 8.42 Å². The van der Waals surface area contributed by atoms with E-state index in [4.69, 9.17) is 5.26 Å². The molecular formula is C11H14ClN3O2S. The first kappa shape index (κ1) is 14.9. The lowest BCUT2D eigenvalue weighted by Crippen LogP contribution is -2.56. The Bertz CT molecular complexity index is 576. The van der Waals surface area contributed by atoms with Gasteiger partial charge in [0.15, 0.2) is 0 Å². The van der Waals surface area contributed by atoms with E-state index in [2.05, 4.69) is 10.0 Å². The molecule has 0 unspecified atom stereocenters. The van der Waals surface area contributed by atoms with E-state index < -0.39 is 10.0 Å². The number of nitrogens with zero attached hydrogens (tertiary/aromatic N) is 1. The molecule has 98 valence electrons. The van der Waals surface area contributed by atoms with Crippen LogP contribution in [-0.4, -0.2) is 27.5 Å². The molecule has 1 fully saturated rings. The van der Waals surface area contributed by atoms with Crippen molar-refractivity contribution in [3.05, 3.63) is 29.3 Å². The molecule has 0 saturated carbocycles. The molecule has 1 aromatic carbocycles. The fraction of sp³-hybridized carbons (Fsp3) is 0.364. The van der Waals surface area contributed by atoms with Gasteiger partial charge in [-0.1, -0.05) is 12.1 Å². The number of nitriles is 1. The SMILES string of the molecule is Cc1cccc(S(=O)(=O)NC2CNC2)c1C#N.Cl. The third-order valence-corrected chi connectivity index (χ3v) is 4.30. The largest absolute Gasteiger partial charge is 0.313 e. The molecule has 1 aliphatic rings. The van der Waals surface area contributed by atoms with Gasteiger partial charge in [-0.15, -0.1) is 12.4 Å². The summed E-state index contributed by atoms with van der Waals surface area (Å²) in [6, 6.07) is 6.69. The molecule has 0 aliphatic carbocycles. The molecule has 0 atom stereocenters. The summed E-state index contributed by atoms with van der Waals surface area (Å²) in [6.45, 7) is 2.99. The minimum absolute atomic E-state index is 0. The predicted molar refractivity (Wildman–Crippen MR) is 70.1 cm³/mol. The zero-order valence-corrected chi connectivity index (χ0v) is 11.4. The molecule has 1 saturated heterocycles. The fourth-order valence-corrected chi connectivity index (χ4v) is 3.13. The summed E-state index contributed by atoms with van der Waals surface area (Å²) in [5, 5.41) is 12.0. The highest BCUT2D eigenvalue weighted by Crippen LogP contribution is 2.18. The molecule has 18 heavy (non-hydrogen) atoms. The second kappa shape index (κ2) is 5.67. The first-order valence-electron chi connectivity index (χ1n) is 5.27. The molecule has 0 aromatic heterocycles. The number of rotatable bonds is 3. The first-order chi connectivity index (χ1) is 8.04. The summed E-state index contributed by atoms with van der Waals surface area (Å²) in [7, 11) is -3.60. The Hall–Kier alpha value is -1.13. The highest BCUT2D eigenvalue weighted by molar-refractivity contribution is 7.89. The molecule has 5 nitrogen and oxygen atoms in total. The van der Waals surface area contributed by atoms with Gasteiger partial charge in [0.25, 0.3) is 0 Å². The van der Waals surface area contributed by atoms with Gasteiger partial charge in [-0.3, -0.25) is 0 Å². The number of hydrogen-bond acceptors (Lipinski definition) is 4. The van der Waals surface area contributed by atoms with E-state index in [1.165, 1.54) is 6.07 Å². The average molecular weight is 288 g/mol. The third kappa shape index (κ3) is 2.82. The number of halogens is 1. The first-order valence-corrected chi connectivity index (χ1v) is 6.75. The predicted octanol–water partition coefficient (Wildman–Crippen LogP) is 0.539. The lowest BCUT2D eigenvalue weighted by molar-refractivity contribution is 0.410. The molecule has 1 aromatic rings. The van der Waals surface area contributed by atoms with Crippen molar-refractivity contribution in [1.29, 1.82) is 5.26 Å². The highest BCUT2D eigenvalue weighted by atomic mass is 35.5. The van der Waals surface area contributed by atoms with Crippen molar-refractivity contribution in [3.63, 3.8) is 0 Å². The van der Waals surface area contributed by atoms with Crippen molar-refractivity contribution in [2.24, 2.45) is 0 Å². The van der Waals surface area contributed by atoms with Crippen LogP contribution in [0.3, 0.4) is 0 Å². The Balaban J connectivity index is 0.00000162. The Morgan fingerprint density at radius 2 is 2.11 bits per heavy atom. The molecule has 0 bridgehead atoms. The van der Waals surface area contributed by atoms with E-state index in [-0.39, 0.29) is 28.9 Å². The van der Waals surface area contributed by atoms with Crippen LogP contribution < -0.4 is 10.0 Å². The summed E-state index contributed by atoms with van der Waals surface area (Å²) < 4.78 is 26.7. The second-order valence-electron chi connectivity index (χ2n) is 4.04. The molecule has 0 amide bonds. The van der Waals surface area contributed by atoms with E-state index in [1.54, 1.807) is 19.1 Å². The molecule has 1 heterocycles. The standard InChI is InChI=1S/C11H13N3O2S.ClH/c1-8-3-2-4-11(10(8)5-12)17(15,16)14-9-6-13-7-9;/h2-4,9,13-14H,6-7H2,1H3;1H. The highest BCUT2D eigenvalue weighted by Gasteiger charge is 2.26. The van der Waals surface area contributed by atoms with Gasteiger partial charge >= 0.3 is 0 Å². The molecule has 0 radical (unpaired) electrons. The second-order valence-corrected chi connectivity index (χ2v) is 5.72. The minimum atomic E-state index is -3.60. The number of benzene rings is 1. The zero-order chi connectivity index (χ0) is 12.5. The van der Waals surface area contributed by atoms with E-state index in [1.807, 2.05) is 6.07 Å². The van der Waals surface area contributed by atoms with Gasteiger partial charge in [0.05, 0.1) is 5.56 Å². The maximum Gasteiger partial charge on any atom is 0.242 e. The Labute approximate surface area is 113 Å². The molecule has 0 spiro atoms. The Morgan fingerprint density at radius 1 is 1.44 bits per heavy atom. The average Bonchev–Trinajstić information content (AvgIpc) is 2.23. The summed E-state index contributed by atoms with van der Waals surface area (Å²) in [5.41, 5.74) is 0.884. The summed E-state index contributed by atoms with van der Waals surface area (Å²) in [5.74, 6) is 0. The van der Waals surface area contributed by atoms with E-state index >= 15 is 0 Å². The summed E-state index contributed by atoms with van der Waals surface area (Å²) in [4.78, 5) is 0.0619.